The number of carbonyl (C=O) groups is 1. The third-order valence-corrected chi connectivity index (χ3v) is 11.3. The topological polar surface area (TPSA) is 150 Å². The van der Waals surface area contributed by atoms with Gasteiger partial charge in [-0.05, 0) is 55.2 Å². The summed E-state index contributed by atoms with van der Waals surface area (Å²) in [6, 6.07) is 4.57. The van der Waals surface area contributed by atoms with Gasteiger partial charge in [0.05, 0.1) is 33.1 Å². The predicted molar refractivity (Wildman–Crippen MR) is 140 cm³/mol. The molecule has 4 N–H and O–H groups in total. The van der Waals surface area contributed by atoms with E-state index in [-0.39, 0.29) is 39.9 Å². The summed E-state index contributed by atoms with van der Waals surface area (Å²) in [5.74, 6) is -7.18. The van der Waals surface area contributed by atoms with Gasteiger partial charge >= 0.3 is 0 Å². The summed E-state index contributed by atoms with van der Waals surface area (Å²) in [6.45, 7) is 1.39. The Labute approximate surface area is 234 Å². The highest BCUT2D eigenvalue weighted by Crippen LogP contribution is 2.56. The van der Waals surface area contributed by atoms with Gasteiger partial charge in [-0.3, -0.25) is 4.79 Å². The largest absolute Gasteiger partial charge is 0.389 e. The lowest BCUT2D eigenvalue weighted by Crippen LogP contribution is -2.59. The average molecular weight is 625 g/mol. The molecular formula is C25H28ClF3N2O7S2. The van der Waals surface area contributed by atoms with Gasteiger partial charge in [0.1, 0.15) is 0 Å². The number of benzene rings is 2. The molecule has 0 spiro atoms. The number of halogens is 4. The van der Waals surface area contributed by atoms with Crippen LogP contribution in [-0.2, 0) is 19.9 Å². The summed E-state index contributed by atoms with van der Waals surface area (Å²) in [7, 11) is -7.83. The number of nitrogens with one attached hydrogen (secondary N) is 2. The third-order valence-electron chi connectivity index (χ3n) is 7.91. The second-order valence-corrected chi connectivity index (χ2v) is 15.0. The number of carbonyl (C=O) groups excluding carboxylic acids is 1. The van der Waals surface area contributed by atoms with E-state index < -0.39 is 78.6 Å². The van der Waals surface area contributed by atoms with Crippen molar-refractivity contribution in [3.63, 3.8) is 0 Å². The van der Waals surface area contributed by atoms with Crippen LogP contribution in [0.4, 0.5) is 18.9 Å². The highest BCUT2D eigenvalue weighted by Gasteiger charge is 2.61. The summed E-state index contributed by atoms with van der Waals surface area (Å²) in [5.41, 5.74) is -2.30. The third kappa shape index (κ3) is 5.74. The van der Waals surface area contributed by atoms with E-state index in [0.717, 1.165) is 12.3 Å². The highest BCUT2D eigenvalue weighted by atomic mass is 35.5. The molecule has 1 amide bonds. The van der Waals surface area contributed by atoms with Crippen LogP contribution in [0.3, 0.4) is 0 Å². The molecule has 2 saturated carbocycles. The number of anilines is 1. The number of hydrogen-bond acceptors (Lipinski definition) is 7. The number of aliphatic hydroxyl groups is 2. The first-order chi connectivity index (χ1) is 18.4. The SMILES string of the molecule is C[C@H]1CC2CC(S(=O)(=O)c3cc(C(=O)Nc4cc(F)c(F)c(F)c4)ccc3Cl)CC1C2(O)C(O)CNS(C)(=O)=O. The molecule has 0 aliphatic heterocycles. The van der Waals surface area contributed by atoms with Gasteiger partial charge < -0.3 is 15.5 Å². The Kier molecular flexibility index (Phi) is 8.35. The zero-order chi connectivity index (χ0) is 29.8. The van der Waals surface area contributed by atoms with E-state index in [1.807, 2.05) is 6.92 Å². The van der Waals surface area contributed by atoms with E-state index in [1.54, 1.807) is 0 Å². The van der Waals surface area contributed by atoms with Crippen LogP contribution in [0.15, 0.2) is 35.2 Å². The molecule has 0 saturated heterocycles. The fraction of sp³-hybridized carbons (Fsp3) is 0.480. The minimum absolute atomic E-state index is 0.0451. The van der Waals surface area contributed by atoms with Crippen molar-refractivity contribution < 1.29 is 45.0 Å². The molecule has 2 aliphatic carbocycles. The lowest BCUT2D eigenvalue weighted by Gasteiger charge is -2.45. The second kappa shape index (κ2) is 10.9. The van der Waals surface area contributed by atoms with Gasteiger partial charge in [0, 0.05) is 29.9 Å². The summed E-state index contributed by atoms with van der Waals surface area (Å²) < 4.78 is 92.9. The fourth-order valence-corrected chi connectivity index (χ4v) is 8.84. The van der Waals surface area contributed by atoms with Gasteiger partial charge in [0.15, 0.2) is 27.3 Å². The molecule has 2 aromatic rings. The lowest BCUT2D eigenvalue weighted by atomic mass is 9.70. The molecule has 2 fully saturated rings. The number of sulfonamides is 1. The van der Waals surface area contributed by atoms with Crippen LogP contribution in [0, 0.1) is 35.2 Å². The van der Waals surface area contributed by atoms with Crippen molar-refractivity contribution in [1.82, 2.24) is 4.72 Å². The minimum atomic E-state index is -4.19. The Balaban J connectivity index is 1.58. The molecule has 0 radical (unpaired) electrons. The van der Waals surface area contributed by atoms with Crippen molar-refractivity contribution in [3.8, 4) is 0 Å². The van der Waals surface area contributed by atoms with E-state index in [9.17, 15) is 45.0 Å². The van der Waals surface area contributed by atoms with Crippen molar-refractivity contribution in [2.45, 2.75) is 48.0 Å². The maximum atomic E-state index is 13.7. The fourth-order valence-electron chi connectivity index (χ4n) is 6.00. The lowest BCUT2D eigenvalue weighted by molar-refractivity contribution is -0.142. The molecule has 15 heteroatoms. The van der Waals surface area contributed by atoms with Crippen LogP contribution >= 0.6 is 11.6 Å². The zero-order valence-electron chi connectivity index (χ0n) is 21.4. The summed E-state index contributed by atoms with van der Waals surface area (Å²) in [6.07, 6.45) is -0.241. The first-order valence-electron chi connectivity index (χ1n) is 12.3. The first-order valence-corrected chi connectivity index (χ1v) is 16.1. The molecule has 40 heavy (non-hydrogen) atoms. The van der Waals surface area contributed by atoms with E-state index >= 15 is 0 Å². The van der Waals surface area contributed by atoms with Crippen LogP contribution in [0.25, 0.3) is 0 Å². The molecule has 0 aromatic heterocycles. The average Bonchev–Trinajstić information content (AvgIpc) is 2.98. The van der Waals surface area contributed by atoms with Crippen molar-refractivity contribution in [3.05, 3.63) is 58.4 Å². The van der Waals surface area contributed by atoms with Gasteiger partial charge in [-0.25, -0.2) is 34.7 Å². The second-order valence-electron chi connectivity index (χ2n) is 10.5. The quantitative estimate of drug-likeness (QED) is 0.330. The van der Waals surface area contributed by atoms with E-state index in [2.05, 4.69) is 10.0 Å². The number of rotatable bonds is 8. The smallest absolute Gasteiger partial charge is 0.255 e. The number of amides is 1. The monoisotopic (exact) mass is 624 g/mol. The molecule has 4 rings (SSSR count). The Morgan fingerprint density at radius 3 is 2.30 bits per heavy atom. The summed E-state index contributed by atoms with van der Waals surface area (Å²) in [4.78, 5) is 12.4. The van der Waals surface area contributed by atoms with E-state index in [4.69, 9.17) is 11.6 Å². The van der Waals surface area contributed by atoms with Gasteiger partial charge in [0.2, 0.25) is 10.0 Å². The normalized spacial score (nSPS) is 27.4. The first kappa shape index (κ1) is 30.7. The highest BCUT2D eigenvalue weighted by molar-refractivity contribution is 7.92. The van der Waals surface area contributed by atoms with Crippen LogP contribution in [-0.4, -0.2) is 62.7 Å². The van der Waals surface area contributed by atoms with Gasteiger partial charge in [-0.15, -0.1) is 0 Å². The molecular weight excluding hydrogens is 597 g/mol. The van der Waals surface area contributed by atoms with Crippen molar-refractivity contribution in [2.75, 3.05) is 18.1 Å². The molecule has 2 bridgehead atoms. The number of aliphatic hydroxyl groups excluding tert-OH is 1. The predicted octanol–water partition coefficient (Wildman–Crippen LogP) is 2.86. The molecule has 9 nitrogen and oxygen atoms in total. The van der Waals surface area contributed by atoms with Crippen LogP contribution < -0.4 is 10.0 Å². The molecule has 0 heterocycles. The van der Waals surface area contributed by atoms with Gasteiger partial charge in [-0.1, -0.05) is 18.5 Å². The van der Waals surface area contributed by atoms with Gasteiger partial charge in [-0.2, -0.15) is 0 Å². The van der Waals surface area contributed by atoms with Crippen molar-refractivity contribution in [2.24, 2.45) is 17.8 Å². The maximum Gasteiger partial charge on any atom is 0.255 e. The maximum absolute atomic E-state index is 13.7. The Bertz CT molecular complexity index is 1530. The molecule has 6 atom stereocenters. The summed E-state index contributed by atoms with van der Waals surface area (Å²) >= 11 is 6.23. The number of fused-ring (bicyclic) bond motifs is 2. The van der Waals surface area contributed by atoms with Crippen LogP contribution in [0.1, 0.15) is 36.5 Å². The van der Waals surface area contributed by atoms with Crippen molar-refractivity contribution in [1.29, 1.82) is 0 Å². The Morgan fingerprint density at radius 2 is 1.73 bits per heavy atom. The van der Waals surface area contributed by atoms with E-state index in [0.29, 0.717) is 18.6 Å². The molecule has 5 unspecified atom stereocenters. The summed E-state index contributed by atoms with van der Waals surface area (Å²) in [5, 5.41) is 23.2. The van der Waals surface area contributed by atoms with Gasteiger partial charge in [0.25, 0.3) is 5.91 Å². The minimum Gasteiger partial charge on any atom is -0.389 e. The number of hydrogen-bond donors (Lipinski definition) is 4. The molecule has 220 valence electrons. The zero-order valence-corrected chi connectivity index (χ0v) is 23.8. The number of sulfone groups is 1. The van der Waals surface area contributed by atoms with Crippen LogP contribution in [0.5, 0.6) is 0 Å². The standard InChI is InChI=1S/C25H28ClF3N2O7S2/c1-12-5-14-7-16(10-17(12)25(14,34)22(32)11-30-39(2,35)36)40(37,38)21-6-13(3-4-18(21)26)24(33)31-15-8-19(27)23(29)20(28)9-15/h3-4,6,8-9,12,14,16-17,22,30,32,34H,5,7,10-11H2,1-2H3,(H,31,33)/t12-,14?,16?,17?,22?,25?/m0/s1. The Morgan fingerprint density at radius 1 is 1.10 bits per heavy atom. The van der Waals surface area contributed by atoms with E-state index in [1.165, 1.54) is 12.1 Å². The molecule has 2 aliphatic rings. The molecule has 2 aromatic carbocycles. The van der Waals surface area contributed by atoms with Crippen LogP contribution in [0.2, 0.25) is 5.02 Å². The Hall–Kier alpha value is -2.23. The van der Waals surface area contributed by atoms with Crippen molar-refractivity contribution >= 4 is 43.1 Å².